The Labute approximate surface area is 152 Å². The van der Waals surface area contributed by atoms with E-state index in [1.165, 1.54) is 0 Å². The Kier molecular flexibility index (Phi) is 7.64. The smallest absolute Gasteiger partial charge is 0.239 e. The molecule has 14 heavy (non-hydrogen) atoms. The first-order chi connectivity index (χ1) is 5.37. The molecule has 0 aromatic carbocycles. The summed E-state index contributed by atoms with van der Waals surface area (Å²) in [5.41, 5.74) is 0. The van der Waals surface area contributed by atoms with Crippen molar-refractivity contribution in [3.63, 3.8) is 0 Å². The predicted molar refractivity (Wildman–Crippen MR) is 64.9 cm³/mol. The Morgan fingerprint density at radius 3 is 0.643 bits per heavy atom. The Hall–Kier alpha value is 2.27. The normalized spacial score (nSPS) is 14.1. The number of rotatable bonds is 0. The van der Waals surface area contributed by atoms with Crippen LogP contribution in [0.25, 0.3) is 0 Å². The van der Waals surface area contributed by atoms with E-state index in [2.05, 4.69) is 62.3 Å². The molecule has 0 aliphatic rings. The number of hydrogen-bond acceptors (Lipinski definition) is 0. The molecule has 0 rings (SSSR count). The second-order valence-electron chi connectivity index (χ2n) is 7.12. The van der Waals surface area contributed by atoms with Crippen LogP contribution in [0, 0.1) is 0 Å². The zero-order valence-electron chi connectivity index (χ0n) is 12.0. The molecule has 0 unspecified atom stereocenters. The predicted octanol–water partition coefficient (Wildman–Crippen LogP) is 1.89. The van der Waals surface area contributed by atoms with Crippen molar-refractivity contribution >= 4 is 8.80 Å². The van der Waals surface area contributed by atoms with Gasteiger partial charge in [0.05, 0.1) is 0 Å². The van der Waals surface area contributed by atoms with E-state index in [4.69, 9.17) is 0 Å². The molecular formula is C12H27CsSi. The van der Waals surface area contributed by atoms with Crippen LogP contribution in [0.5, 0.6) is 0 Å². The molecule has 0 saturated heterocycles. The molecule has 0 atom stereocenters. The van der Waals surface area contributed by atoms with Crippen molar-refractivity contribution in [1.82, 2.24) is 0 Å². The van der Waals surface area contributed by atoms with Gasteiger partial charge in [0, 0.05) is 0 Å². The third-order valence-electron chi connectivity index (χ3n) is 2.25. The van der Waals surface area contributed by atoms with E-state index in [0.717, 1.165) is 0 Å². The minimum atomic E-state index is -0.391. The van der Waals surface area contributed by atoms with Crippen molar-refractivity contribution in [3.05, 3.63) is 0 Å². The van der Waals surface area contributed by atoms with Gasteiger partial charge in [-0.25, -0.2) is 8.80 Å². The molecule has 0 nitrogen and oxygen atoms in total. The monoisotopic (exact) mass is 332 g/mol. The minimum absolute atomic E-state index is 0. The van der Waals surface area contributed by atoms with Gasteiger partial charge in [-0.2, -0.15) is 15.1 Å². The average molecular weight is 332 g/mol. The van der Waals surface area contributed by atoms with Gasteiger partial charge < -0.3 is 0 Å². The van der Waals surface area contributed by atoms with Gasteiger partial charge in [-0.15, -0.1) is 0 Å². The molecule has 0 aromatic heterocycles. The molecule has 80 valence electrons. The first-order valence-corrected chi connectivity index (χ1v) is 6.75. The molecule has 0 spiro atoms. The molecule has 0 fully saturated rings. The third-order valence-corrected chi connectivity index (χ3v) is 6.75. The first-order valence-electron chi connectivity index (χ1n) is 5.25. The summed E-state index contributed by atoms with van der Waals surface area (Å²) in [7, 11) is -0.391. The zero-order chi connectivity index (χ0) is 11.1. The summed E-state index contributed by atoms with van der Waals surface area (Å²) in [4.78, 5) is 0. The second kappa shape index (κ2) is 5.74. The third kappa shape index (κ3) is 6.11. The zero-order valence-corrected chi connectivity index (χ0v) is 19.3. The Morgan fingerprint density at radius 2 is 0.643 bits per heavy atom. The second-order valence-corrected chi connectivity index (χ2v) is 12.4. The summed E-state index contributed by atoms with van der Waals surface area (Å²) in [6.45, 7) is 21.6. The maximum atomic E-state index is 2.40. The van der Waals surface area contributed by atoms with E-state index in [1.807, 2.05) is 0 Å². The fourth-order valence-electron chi connectivity index (χ4n) is 3.38. The first kappa shape index (κ1) is 18.6. The van der Waals surface area contributed by atoms with Crippen LogP contribution < -0.4 is 68.9 Å². The van der Waals surface area contributed by atoms with E-state index in [0.29, 0.717) is 15.1 Å². The van der Waals surface area contributed by atoms with Crippen LogP contribution in [-0.4, -0.2) is 8.80 Å². The minimum Gasteiger partial charge on any atom is -0.239 e. The van der Waals surface area contributed by atoms with Crippen LogP contribution in [0.15, 0.2) is 0 Å². The molecule has 0 aliphatic carbocycles. The maximum absolute atomic E-state index is 2.40. The Bertz CT molecular complexity index is 133. The summed E-state index contributed by atoms with van der Waals surface area (Å²) >= 11 is 0. The quantitative estimate of drug-likeness (QED) is 0.594. The van der Waals surface area contributed by atoms with Gasteiger partial charge in [-0.05, 0) is 0 Å². The van der Waals surface area contributed by atoms with Crippen molar-refractivity contribution in [2.45, 2.75) is 77.4 Å². The Balaban J connectivity index is 0. The van der Waals surface area contributed by atoms with Gasteiger partial charge in [0.15, 0.2) is 0 Å². The standard InChI is InChI=1S/C12H27Si.Cs/c1-10(2,3)13(11(4,5)6)12(7,8)9;/h1-9H3;/q-1;+1. The van der Waals surface area contributed by atoms with E-state index in [-0.39, 0.29) is 68.9 Å². The van der Waals surface area contributed by atoms with E-state index in [9.17, 15) is 0 Å². The van der Waals surface area contributed by atoms with E-state index in [1.54, 1.807) is 0 Å². The molecule has 0 aromatic rings. The van der Waals surface area contributed by atoms with Crippen molar-refractivity contribution in [2.75, 3.05) is 0 Å². The SMILES string of the molecule is CC(C)(C)[Si-](C(C)(C)C)C(C)(C)C.[Cs+]. The van der Waals surface area contributed by atoms with Crippen LogP contribution in [0.4, 0.5) is 0 Å². The van der Waals surface area contributed by atoms with Gasteiger partial charge in [-0.3, -0.25) is 0 Å². The van der Waals surface area contributed by atoms with Crippen molar-refractivity contribution < 1.29 is 68.9 Å². The largest absolute Gasteiger partial charge is 1.00 e. The molecule has 0 saturated carbocycles. The summed E-state index contributed by atoms with van der Waals surface area (Å²) in [6.07, 6.45) is 0. The van der Waals surface area contributed by atoms with E-state index < -0.39 is 8.80 Å². The summed E-state index contributed by atoms with van der Waals surface area (Å²) in [5, 5.41) is 1.46. The molecule has 2 heteroatoms. The number of hydrogen-bond donors (Lipinski definition) is 0. The molecule has 0 amide bonds. The molecule has 0 bridgehead atoms. The summed E-state index contributed by atoms with van der Waals surface area (Å²) < 4.78 is 0. The Morgan fingerprint density at radius 1 is 0.500 bits per heavy atom. The molecule has 0 radical (unpaired) electrons. The van der Waals surface area contributed by atoms with Gasteiger partial charge in [0.1, 0.15) is 0 Å². The molecular weight excluding hydrogens is 305 g/mol. The fraction of sp³-hybridized carbons (Fsp3) is 1.00. The molecule has 0 heterocycles. The van der Waals surface area contributed by atoms with Crippen LogP contribution in [0.2, 0.25) is 15.1 Å². The van der Waals surface area contributed by atoms with Crippen molar-refractivity contribution in [3.8, 4) is 0 Å². The van der Waals surface area contributed by atoms with Crippen LogP contribution in [0.1, 0.15) is 62.3 Å². The van der Waals surface area contributed by atoms with Crippen molar-refractivity contribution in [2.24, 2.45) is 0 Å². The van der Waals surface area contributed by atoms with Crippen LogP contribution >= 0.6 is 0 Å². The molecule has 0 aliphatic heterocycles. The fourth-order valence-corrected chi connectivity index (χ4v) is 10.1. The van der Waals surface area contributed by atoms with Gasteiger partial charge in [0.25, 0.3) is 0 Å². The van der Waals surface area contributed by atoms with Gasteiger partial charge in [-0.1, -0.05) is 62.3 Å². The average Bonchev–Trinajstić information content (AvgIpc) is 1.44. The maximum Gasteiger partial charge on any atom is 1.00 e. The van der Waals surface area contributed by atoms with E-state index >= 15 is 0 Å². The van der Waals surface area contributed by atoms with Gasteiger partial charge in [0.2, 0.25) is 0 Å². The van der Waals surface area contributed by atoms with Crippen LogP contribution in [-0.2, 0) is 0 Å². The van der Waals surface area contributed by atoms with Crippen LogP contribution in [0.3, 0.4) is 0 Å². The summed E-state index contributed by atoms with van der Waals surface area (Å²) in [6, 6.07) is 0. The van der Waals surface area contributed by atoms with Crippen molar-refractivity contribution in [1.29, 1.82) is 0 Å². The molecule has 0 N–H and O–H groups in total. The summed E-state index contributed by atoms with van der Waals surface area (Å²) in [5.74, 6) is 0. The topological polar surface area (TPSA) is 0 Å². The van der Waals surface area contributed by atoms with Gasteiger partial charge >= 0.3 is 68.9 Å².